The van der Waals surface area contributed by atoms with Crippen LogP contribution in [0.15, 0.2) is 89.7 Å². The van der Waals surface area contributed by atoms with Gasteiger partial charge in [-0.15, -0.1) is 10.2 Å². The van der Waals surface area contributed by atoms with Gasteiger partial charge in [0.05, 0.1) is 17.6 Å². The fourth-order valence-corrected chi connectivity index (χ4v) is 3.55. The maximum Gasteiger partial charge on any atom is 0.297 e. The number of hydrogen-bond acceptors (Lipinski definition) is 4. The van der Waals surface area contributed by atoms with E-state index in [0.29, 0.717) is 16.9 Å². The van der Waals surface area contributed by atoms with E-state index < -0.39 is 0 Å². The van der Waals surface area contributed by atoms with E-state index in [2.05, 4.69) is 10.2 Å². The Balaban J connectivity index is 1.75. The van der Waals surface area contributed by atoms with Crippen molar-refractivity contribution in [2.24, 2.45) is 0 Å². The molecule has 0 N–H and O–H groups in total. The molecule has 0 aliphatic heterocycles. The second kappa shape index (κ2) is 6.83. The van der Waals surface area contributed by atoms with Gasteiger partial charge in [0.2, 0.25) is 5.65 Å². The first kappa shape index (κ1) is 17.1. The van der Waals surface area contributed by atoms with E-state index in [1.54, 1.807) is 16.5 Å². The number of Topliss-reactive ketones (excluding diaryl/α,β-unsaturated/α-hetero) is 1. The minimum absolute atomic E-state index is 0.0621. The van der Waals surface area contributed by atoms with E-state index in [4.69, 9.17) is 0 Å². The van der Waals surface area contributed by atoms with Gasteiger partial charge in [0.15, 0.2) is 11.6 Å². The lowest BCUT2D eigenvalue weighted by Gasteiger charge is -2.12. The molecule has 0 spiro atoms. The molecule has 2 aromatic heterocycles. The molecule has 3 aromatic carbocycles. The quantitative estimate of drug-likeness (QED) is 0.447. The van der Waals surface area contributed by atoms with Gasteiger partial charge in [0.1, 0.15) is 0 Å². The summed E-state index contributed by atoms with van der Waals surface area (Å²) < 4.78 is 3.24. The number of carbonyl (C=O) groups is 1. The number of carbonyl (C=O) groups excluding carboxylic acids is 1. The van der Waals surface area contributed by atoms with Crippen molar-refractivity contribution < 1.29 is 4.79 Å². The zero-order valence-corrected chi connectivity index (χ0v) is 15.4. The Morgan fingerprint density at radius 2 is 1.38 bits per heavy atom. The SMILES string of the molecule is O=C(Cn1c(=O)c2nnc(-c3ccccc3)n2c2ccccc21)c1ccccc1. The molecule has 0 bridgehead atoms. The number of benzene rings is 3. The Morgan fingerprint density at radius 1 is 0.759 bits per heavy atom. The van der Waals surface area contributed by atoms with Crippen LogP contribution in [0.3, 0.4) is 0 Å². The molecule has 0 saturated carbocycles. The van der Waals surface area contributed by atoms with E-state index in [-0.39, 0.29) is 23.5 Å². The highest BCUT2D eigenvalue weighted by atomic mass is 16.1. The third kappa shape index (κ3) is 2.82. The van der Waals surface area contributed by atoms with Gasteiger partial charge < -0.3 is 0 Å². The topological polar surface area (TPSA) is 69.3 Å². The number of aromatic nitrogens is 4. The van der Waals surface area contributed by atoms with Gasteiger partial charge in [-0.3, -0.25) is 18.6 Å². The summed E-state index contributed by atoms with van der Waals surface area (Å²) >= 11 is 0. The summed E-state index contributed by atoms with van der Waals surface area (Å²) in [5.41, 5.74) is 2.71. The summed E-state index contributed by atoms with van der Waals surface area (Å²) in [4.78, 5) is 26.0. The predicted octanol–water partition coefficient (Wildman–Crippen LogP) is 3.59. The van der Waals surface area contributed by atoms with Crippen molar-refractivity contribution in [3.63, 3.8) is 0 Å². The first-order chi connectivity index (χ1) is 14.2. The van der Waals surface area contributed by atoms with Gasteiger partial charge in [-0.25, -0.2) is 0 Å². The second-order valence-corrected chi connectivity index (χ2v) is 6.72. The molecule has 0 atom stereocenters. The van der Waals surface area contributed by atoms with Crippen LogP contribution in [0.2, 0.25) is 0 Å². The number of fused-ring (bicyclic) bond motifs is 3. The molecule has 0 radical (unpaired) electrons. The van der Waals surface area contributed by atoms with E-state index in [9.17, 15) is 9.59 Å². The van der Waals surface area contributed by atoms with E-state index in [1.165, 1.54) is 4.57 Å². The molecule has 0 saturated heterocycles. The Morgan fingerprint density at radius 3 is 2.10 bits per heavy atom. The zero-order valence-electron chi connectivity index (χ0n) is 15.4. The molecule has 6 heteroatoms. The Hall–Kier alpha value is -4.06. The van der Waals surface area contributed by atoms with Crippen LogP contribution in [0.4, 0.5) is 0 Å². The van der Waals surface area contributed by atoms with Crippen LogP contribution in [0, 0.1) is 0 Å². The molecule has 2 heterocycles. The van der Waals surface area contributed by atoms with Crippen molar-refractivity contribution in [1.29, 1.82) is 0 Å². The Bertz CT molecular complexity index is 1400. The first-order valence-electron chi connectivity index (χ1n) is 9.24. The minimum Gasteiger partial charge on any atom is -0.296 e. The van der Waals surface area contributed by atoms with Crippen molar-refractivity contribution in [2.75, 3.05) is 0 Å². The number of rotatable bonds is 4. The van der Waals surface area contributed by atoms with E-state index >= 15 is 0 Å². The van der Waals surface area contributed by atoms with E-state index in [0.717, 1.165) is 11.1 Å². The molecule has 5 aromatic rings. The van der Waals surface area contributed by atoms with Crippen molar-refractivity contribution >= 4 is 22.5 Å². The van der Waals surface area contributed by atoms with Crippen molar-refractivity contribution in [3.05, 3.63) is 101 Å². The third-order valence-electron chi connectivity index (χ3n) is 4.94. The summed E-state index contributed by atoms with van der Waals surface area (Å²) in [6.45, 7) is -0.0621. The standard InChI is InChI=1S/C23H16N4O2/c28-20(16-9-3-1-4-10-16)15-26-18-13-7-8-14-19(18)27-21(17-11-5-2-6-12-17)24-25-22(27)23(26)29/h1-14H,15H2. The summed E-state index contributed by atoms with van der Waals surface area (Å²) in [7, 11) is 0. The molecule has 0 fully saturated rings. The molecular formula is C23H16N4O2. The summed E-state index contributed by atoms with van der Waals surface area (Å²) in [6, 6.07) is 26.1. The number of ketones is 1. The van der Waals surface area contributed by atoms with Crippen LogP contribution < -0.4 is 5.56 Å². The maximum absolute atomic E-state index is 13.2. The van der Waals surface area contributed by atoms with Crippen molar-refractivity contribution in [3.8, 4) is 11.4 Å². The highest BCUT2D eigenvalue weighted by molar-refractivity contribution is 5.96. The molecule has 0 unspecified atom stereocenters. The number of hydrogen-bond donors (Lipinski definition) is 0. The van der Waals surface area contributed by atoms with E-state index in [1.807, 2.05) is 72.8 Å². The van der Waals surface area contributed by atoms with Gasteiger partial charge in [0, 0.05) is 11.1 Å². The van der Waals surface area contributed by atoms with Gasteiger partial charge >= 0.3 is 0 Å². The van der Waals surface area contributed by atoms with Crippen LogP contribution in [0.25, 0.3) is 28.1 Å². The number of para-hydroxylation sites is 2. The van der Waals surface area contributed by atoms with Crippen LogP contribution in [-0.2, 0) is 6.54 Å². The molecular weight excluding hydrogens is 364 g/mol. The highest BCUT2D eigenvalue weighted by Crippen LogP contribution is 2.22. The highest BCUT2D eigenvalue weighted by Gasteiger charge is 2.19. The fraction of sp³-hybridized carbons (Fsp3) is 0.0435. The van der Waals surface area contributed by atoms with Gasteiger partial charge in [-0.1, -0.05) is 72.8 Å². The van der Waals surface area contributed by atoms with Gasteiger partial charge in [-0.2, -0.15) is 0 Å². The average molecular weight is 380 g/mol. The molecule has 6 nitrogen and oxygen atoms in total. The Labute approximate surface area is 165 Å². The summed E-state index contributed by atoms with van der Waals surface area (Å²) in [5, 5.41) is 8.42. The predicted molar refractivity (Wildman–Crippen MR) is 111 cm³/mol. The minimum atomic E-state index is -0.345. The third-order valence-corrected chi connectivity index (χ3v) is 4.94. The Kier molecular flexibility index (Phi) is 4.02. The largest absolute Gasteiger partial charge is 0.297 e. The monoisotopic (exact) mass is 380 g/mol. The molecule has 5 rings (SSSR count). The maximum atomic E-state index is 13.2. The van der Waals surface area contributed by atoms with Gasteiger partial charge in [-0.05, 0) is 12.1 Å². The lowest BCUT2D eigenvalue weighted by molar-refractivity contribution is 0.0972. The van der Waals surface area contributed by atoms with Gasteiger partial charge in [0.25, 0.3) is 5.56 Å². The normalized spacial score (nSPS) is 11.2. The van der Waals surface area contributed by atoms with Crippen LogP contribution in [0.1, 0.15) is 10.4 Å². The average Bonchev–Trinajstić information content (AvgIpc) is 3.23. The molecule has 29 heavy (non-hydrogen) atoms. The molecule has 140 valence electrons. The fourth-order valence-electron chi connectivity index (χ4n) is 3.55. The zero-order chi connectivity index (χ0) is 19.8. The van der Waals surface area contributed by atoms with Crippen molar-refractivity contribution in [2.45, 2.75) is 6.54 Å². The second-order valence-electron chi connectivity index (χ2n) is 6.72. The summed E-state index contributed by atoms with van der Waals surface area (Å²) in [6.07, 6.45) is 0. The molecule has 0 aliphatic rings. The lowest BCUT2D eigenvalue weighted by Crippen LogP contribution is -2.27. The van der Waals surface area contributed by atoms with Crippen molar-refractivity contribution in [1.82, 2.24) is 19.2 Å². The molecule has 0 amide bonds. The first-order valence-corrected chi connectivity index (χ1v) is 9.24. The smallest absolute Gasteiger partial charge is 0.296 e. The lowest BCUT2D eigenvalue weighted by atomic mass is 10.1. The summed E-state index contributed by atoms with van der Waals surface area (Å²) in [5.74, 6) is 0.459. The molecule has 0 aliphatic carbocycles. The van der Waals surface area contributed by atoms with Crippen LogP contribution in [-0.4, -0.2) is 24.9 Å². The number of nitrogens with zero attached hydrogens (tertiary/aromatic N) is 4. The van der Waals surface area contributed by atoms with Crippen LogP contribution in [0.5, 0.6) is 0 Å². The van der Waals surface area contributed by atoms with Crippen LogP contribution >= 0.6 is 0 Å².